The molecule has 0 saturated carbocycles. The maximum absolute atomic E-state index is 13.3. The number of carboxylic acids is 1. The molecule has 1 heterocycles. The van der Waals surface area contributed by atoms with E-state index in [1.165, 1.54) is 31.2 Å². The van der Waals surface area contributed by atoms with E-state index in [0.29, 0.717) is 11.3 Å². The maximum atomic E-state index is 13.3. The van der Waals surface area contributed by atoms with Crippen LogP contribution in [0.5, 0.6) is 0 Å². The fourth-order valence-corrected chi connectivity index (χ4v) is 3.28. The molecule has 7 nitrogen and oxygen atoms in total. The Hall–Kier alpha value is -3.02. The molecule has 164 valence electrons. The highest BCUT2D eigenvalue weighted by Crippen LogP contribution is 2.33. The number of nitrogens with one attached hydrogen (secondary N) is 1. The number of carbonyl (C=O) groups is 1. The van der Waals surface area contributed by atoms with Crippen molar-refractivity contribution in [2.45, 2.75) is 31.0 Å². The first-order valence-corrected chi connectivity index (χ1v) is 10.1. The summed E-state index contributed by atoms with van der Waals surface area (Å²) in [5.74, 6) is -1.23. The topological polar surface area (TPSA) is 93.5 Å². The van der Waals surface area contributed by atoms with Gasteiger partial charge < -0.3 is 5.11 Å². The van der Waals surface area contributed by atoms with Crippen molar-refractivity contribution in [3.63, 3.8) is 0 Å². The van der Waals surface area contributed by atoms with Gasteiger partial charge in [-0.15, -0.1) is 4.89 Å². The second-order valence-corrected chi connectivity index (χ2v) is 7.81. The van der Waals surface area contributed by atoms with Crippen molar-refractivity contribution >= 4 is 17.0 Å². The van der Waals surface area contributed by atoms with E-state index in [1.807, 2.05) is 6.92 Å². The second-order valence-electron chi connectivity index (χ2n) is 6.63. The zero-order valence-electron chi connectivity index (χ0n) is 16.4. The Balaban J connectivity index is 1.91. The van der Waals surface area contributed by atoms with Gasteiger partial charge in [0.25, 0.3) is 0 Å². The number of rotatable bonds is 7. The summed E-state index contributed by atoms with van der Waals surface area (Å²) in [6.07, 6.45) is -5.83. The van der Waals surface area contributed by atoms with Crippen molar-refractivity contribution in [1.82, 2.24) is 14.7 Å². The summed E-state index contributed by atoms with van der Waals surface area (Å²) in [6, 6.07) is 13.7. The highest BCUT2D eigenvalue weighted by Gasteiger charge is 2.35. The summed E-state index contributed by atoms with van der Waals surface area (Å²) in [6.45, 7) is 3.13. The smallest absolute Gasteiger partial charge is 0.435 e. The van der Waals surface area contributed by atoms with Crippen LogP contribution in [0.1, 0.15) is 18.2 Å². The number of nitrogens with zero attached hydrogens (tertiary/aromatic N) is 2. The predicted molar refractivity (Wildman–Crippen MR) is 106 cm³/mol. The summed E-state index contributed by atoms with van der Waals surface area (Å²) in [7, 11) is -1.88. The lowest BCUT2D eigenvalue weighted by Gasteiger charge is -2.11. The predicted octanol–water partition coefficient (Wildman–Crippen LogP) is 3.88. The summed E-state index contributed by atoms with van der Waals surface area (Å²) in [5, 5.41) is 12.5. The molecule has 0 bridgehead atoms. The average molecular weight is 453 g/mol. The molecule has 0 fully saturated rings. The molecule has 0 spiro atoms. The Bertz CT molecular complexity index is 1100. The molecule has 3 rings (SSSR count). The monoisotopic (exact) mass is 453 g/mol. The third-order valence-electron chi connectivity index (χ3n) is 4.29. The quantitative estimate of drug-likeness (QED) is 0.530. The molecule has 2 N–H and O–H groups in total. The van der Waals surface area contributed by atoms with E-state index in [-0.39, 0.29) is 10.6 Å². The van der Waals surface area contributed by atoms with Crippen molar-refractivity contribution in [3.05, 3.63) is 65.9 Å². The van der Waals surface area contributed by atoms with E-state index < -0.39 is 34.9 Å². The van der Waals surface area contributed by atoms with E-state index in [9.17, 15) is 22.2 Å². The van der Waals surface area contributed by atoms with Crippen LogP contribution in [0, 0.1) is 6.92 Å². The Morgan fingerprint density at radius 2 is 1.77 bits per heavy atom. The molecule has 2 unspecified atom stereocenters. The number of carboxylic acid groups (broad SMARTS) is 1. The van der Waals surface area contributed by atoms with E-state index in [2.05, 4.69) is 9.98 Å². The molecule has 31 heavy (non-hydrogen) atoms. The first-order chi connectivity index (χ1) is 14.6. The number of halogens is 3. The summed E-state index contributed by atoms with van der Waals surface area (Å²) in [5.41, 5.74) is 1.06. The largest absolute Gasteiger partial charge is 0.479 e. The molecule has 2 aromatic carbocycles. The third kappa shape index (κ3) is 5.37. The van der Waals surface area contributed by atoms with Crippen LogP contribution in [-0.4, -0.2) is 31.2 Å². The van der Waals surface area contributed by atoms with Crippen LogP contribution in [0.4, 0.5) is 13.2 Å². The molecule has 0 saturated heterocycles. The van der Waals surface area contributed by atoms with Crippen LogP contribution in [0.15, 0.2) is 59.5 Å². The van der Waals surface area contributed by atoms with E-state index in [4.69, 9.17) is 9.94 Å². The minimum absolute atomic E-state index is 0.237. The maximum Gasteiger partial charge on any atom is 0.435 e. The number of hydrogen-bond acceptors (Lipinski definition) is 4. The van der Waals surface area contributed by atoms with Gasteiger partial charge in [-0.1, -0.05) is 29.8 Å². The summed E-state index contributed by atoms with van der Waals surface area (Å²) in [4.78, 5) is 17.9. The minimum Gasteiger partial charge on any atom is -0.479 e. The molecule has 2 atom stereocenters. The van der Waals surface area contributed by atoms with Gasteiger partial charge in [-0.25, -0.2) is 13.7 Å². The van der Waals surface area contributed by atoms with Crippen LogP contribution in [0.25, 0.3) is 16.9 Å². The van der Waals surface area contributed by atoms with Crippen molar-refractivity contribution in [2.75, 3.05) is 0 Å². The van der Waals surface area contributed by atoms with Crippen molar-refractivity contribution in [2.24, 2.45) is 0 Å². The van der Waals surface area contributed by atoms with Crippen molar-refractivity contribution < 1.29 is 32.1 Å². The van der Waals surface area contributed by atoms with Crippen LogP contribution in [0.2, 0.25) is 0 Å². The second kappa shape index (κ2) is 9.00. The molecule has 0 aliphatic carbocycles. The standard InChI is InChI=1S/C20H18F3N3O4S/c1-12-3-5-14(6-4-12)17-11-18(20(21,22)23)24-26(17)15-7-9-16(10-8-15)31(29)25-30-13(2)19(27)28/h3-11,13,25H,1-2H3,(H,27,28). The molecule has 1 aromatic heterocycles. The number of alkyl halides is 3. The number of benzene rings is 2. The van der Waals surface area contributed by atoms with Crippen LogP contribution in [0.3, 0.4) is 0 Å². The Labute approximate surface area is 178 Å². The van der Waals surface area contributed by atoms with Gasteiger partial charge in [-0.3, -0.25) is 4.84 Å². The van der Waals surface area contributed by atoms with Gasteiger partial charge in [0, 0.05) is 5.56 Å². The molecular formula is C20H18F3N3O4S. The molecular weight excluding hydrogens is 435 g/mol. The van der Waals surface area contributed by atoms with Gasteiger partial charge in [0.05, 0.1) is 16.3 Å². The molecule has 0 aliphatic heterocycles. The van der Waals surface area contributed by atoms with Gasteiger partial charge >= 0.3 is 12.1 Å². The molecule has 3 aromatic rings. The fourth-order valence-electron chi connectivity index (χ4n) is 2.57. The van der Waals surface area contributed by atoms with E-state index in [1.54, 1.807) is 24.3 Å². The molecule has 0 aliphatic rings. The van der Waals surface area contributed by atoms with Crippen LogP contribution in [-0.2, 0) is 26.8 Å². The molecule has 0 amide bonds. The van der Waals surface area contributed by atoms with Crippen molar-refractivity contribution in [3.8, 4) is 16.9 Å². The van der Waals surface area contributed by atoms with Crippen LogP contribution < -0.4 is 4.89 Å². The normalized spacial score (nSPS) is 13.7. The Kier molecular flexibility index (Phi) is 6.58. The van der Waals surface area contributed by atoms with Crippen LogP contribution >= 0.6 is 0 Å². The minimum atomic E-state index is -4.62. The fraction of sp³-hybridized carbons (Fsp3) is 0.200. The average Bonchev–Trinajstić information content (AvgIpc) is 3.18. The Morgan fingerprint density at radius 3 is 2.32 bits per heavy atom. The first kappa shape index (κ1) is 22.7. The number of aliphatic carboxylic acids is 1. The zero-order chi connectivity index (χ0) is 22.8. The first-order valence-electron chi connectivity index (χ1n) is 8.97. The zero-order valence-corrected chi connectivity index (χ0v) is 17.2. The van der Waals surface area contributed by atoms with Gasteiger partial charge in [0.15, 0.2) is 11.8 Å². The number of hydrogen-bond donors (Lipinski definition) is 2. The molecule has 0 radical (unpaired) electrons. The van der Waals surface area contributed by atoms with Gasteiger partial charge in [-0.05, 0) is 44.2 Å². The van der Waals surface area contributed by atoms with Gasteiger partial charge in [-0.2, -0.15) is 18.3 Å². The lowest BCUT2D eigenvalue weighted by Crippen LogP contribution is -2.29. The summed E-state index contributed by atoms with van der Waals surface area (Å²) < 4.78 is 53.2. The van der Waals surface area contributed by atoms with Gasteiger partial charge in [0.1, 0.15) is 11.0 Å². The Morgan fingerprint density at radius 1 is 1.16 bits per heavy atom. The lowest BCUT2D eigenvalue weighted by atomic mass is 10.1. The van der Waals surface area contributed by atoms with Gasteiger partial charge in [0.2, 0.25) is 0 Å². The van der Waals surface area contributed by atoms with E-state index >= 15 is 0 Å². The SMILES string of the molecule is Cc1ccc(-c2cc(C(F)(F)F)nn2-c2ccc(S(=O)NOC(C)C(=O)O)cc2)cc1. The number of aromatic nitrogens is 2. The summed E-state index contributed by atoms with van der Waals surface area (Å²) >= 11 is 0. The third-order valence-corrected chi connectivity index (χ3v) is 5.24. The molecule has 11 heteroatoms. The van der Waals surface area contributed by atoms with E-state index in [0.717, 1.165) is 16.3 Å². The van der Waals surface area contributed by atoms with Crippen molar-refractivity contribution in [1.29, 1.82) is 0 Å². The lowest BCUT2D eigenvalue weighted by molar-refractivity contribution is -0.151. The number of aryl methyl sites for hydroxylation is 1. The highest BCUT2D eigenvalue weighted by molar-refractivity contribution is 7.82. The highest BCUT2D eigenvalue weighted by atomic mass is 32.2.